The molecule has 1 aliphatic rings. The van der Waals surface area contributed by atoms with Gasteiger partial charge < -0.3 is 10.2 Å². The minimum absolute atomic E-state index is 0.0598. The summed E-state index contributed by atoms with van der Waals surface area (Å²) in [5.41, 5.74) is 4.11. The van der Waals surface area contributed by atoms with Crippen LogP contribution in [0.25, 0.3) is 22.2 Å². The van der Waals surface area contributed by atoms with Crippen molar-refractivity contribution in [2.75, 3.05) is 23.3 Å². The van der Waals surface area contributed by atoms with Crippen LogP contribution in [0.2, 0.25) is 12.6 Å². The summed E-state index contributed by atoms with van der Waals surface area (Å²) in [4.78, 5) is 24.6. The number of nitriles is 1. The Kier molecular flexibility index (Phi) is 6.00. The zero-order valence-corrected chi connectivity index (χ0v) is 19.1. The standard InChI is InChI=1S/C26H25BN6O/c1-2-33-24-20(16-23(25(33)34)19-6-4-3-5-7-19)17-29-26(31-24)30-21-8-10-22(11-9-21)32-14-12-27(18-28)13-15-32/h3-11,16-17H,2,12-15H2,1H3,(H,29,30,31). The van der Waals surface area contributed by atoms with Crippen LogP contribution in [0.1, 0.15) is 6.92 Å². The Balaban J connectivity index is 1.39. The van der Waals surface area contributed by atoms with Crippen LogP contribution < -0.4 is 15.8 Å². The highest BCUT2D eigenvalue weighted by molar-refractivity contribution is 6.67. The Morgan fingerprint density at radius 1 is 1.09 bits per heavy atom. The number of aryl methyl sites for hydroxylation is 1. The van der Waals surface area contributed by atoms with Crippen LogP contribution in [0.5, 0.6) is 0 Å². The second-order valence-corrected chi connectivity index (χ2v) is 8.51. The van der Waals surface area contributed by atoms with Crippen LogP contribution in [0, 0.1) is 11.2 Å². The van der Waals surface area contributed by atoms with Crippen LogP contribution in [-0.2, 0) is 6.54 Å². The summed E-state index contributed by atoms with van der Waals surface area (Å²) in [7, 11) is 0. The van der Waals surface area contributed by atoms with Crippen molar-refractivity contribution in [3.05, 3.63) is 77.2 Å². The second-order valence-electron chi connectivity index (χ2n) is 8.51. The maximum atomic E-state index is 13.2. The molecule has 0 unspecified atom stereocenters. The summed E-state index contributed by atoms with van der Waals surface area (Å²) < 4.78 is 1.69. The van der Waals surface area contributed by atoms with Crippen LogP contribution in [0.4, 0.5) is 17.3 Å². The van der Waals surface area contributed by atoms with Crippen molar-refractivity contribution in [1.29, 1.82) is 5.26 Å². The zero-order chi connectivity index (χ0) is 23.5. The highest BCUT2D eigenvalue weighted by Gasteiger charge is 2.22. The van der Waals surface area contributed by atoms with E-state index < -0.39 is 0 Å². The van der Waals surface area contributed by atoms with E-state index in [0.29, 0.717) is 23.7 Å². The maximum absolute atomic E-state index is 13.2. The van der Waals surface area contributed by atoms with Gasteiger partial charge in [0.25, 0.3) is 12.3 Å². The van der Waals surface area contributed by atoms with Gasteiger partial charge in [-0.2, -0.15) is 4.98 Å². The lowest BCUT2D eigenvalue weighted by Gasteiger charge is -2.30. The molecular formula is C26H25BN6O. The average molecular weight is 448 g/mol. The quantitative estimate of drug-likeness (QED) is 0.449. The van der Waals surface area contributed by atoms with Crippen molar-refractivity contribution in [2.24, 2.45) is 0 Å². The molecule has 0 bridgehead atoms. The number of hydrogen-bond acceptors (Lipinski definition) is 6. The molecule has 1 N–H and O–H groups in total. The van der Waals surface area contributed by atoms with Gasteiger partial charge in [0, 0.05) is 54.1 Å². The van der Waals surface area contributed by atoms with Gasteiger partial charge in [-0.25, -0.2) is 10.2 Å². The van der Waals surface area contributed by atoms with Crippen LogP contribution in [0.3, 0.4) is 0 Å². The van der Waals surface area contributed by atoms with Crippen LogP contribution in [-0.4, -0.2) is 34.3 Å². The molecule has 5 rings (SSSR count). The van der Waals surface area contributed by atoms with Gasteiger partial charge in [0.05, 0.1) is 0 Å². The molecule has 1 saturated heterocycles. The largest absolute Gasteiger partial charge is 0.373 e. The Morgan fingerprint density at radius 2 is 1.82 bits per heavy atom. The molecule has 4 aromatic rings. The smallest absolute Gasteiger partial charge is 0.271 e. The molecule has 0 amide bonds. The number of nitrogens with one attached hydrogen (secondary N) is 1. The van der Waals surface area contributed by atoms with E-state index >= 15 is 0 Å². The molecule has 1 fully saturated rings. The fourth-order valence-corrected chi connectivity index (χ4v) is 4.49. The molecule has 2 aromatic carbocycles. The van der Waals surface area contributed by atoms with Gasteiger partial charge in [0.15, 0.2) is 0 Å². The van der Waals surface area contributed by atoms with Gasteiger partial charge >= 0.3 is 0 Å². The van der Waals surface area contributed by atoms with Gasteiger partial charge in [-0.1, -0.05) is 30.3 Å². The van der Waals surface area contributed by atoms with Crippen molar-refractivity contribution in [3.63, 3.8) is 0 Å². The first-order chi connectivity index (χ1) is 16.7. The monoisotopic (exact) mass is 448 g/mol. The van der Waals surface area contributed by atoms with Gasteiger partial charge in [0.2, 0.25) is 5.95 Å². The Bertz CT molecular complexity index is 1400. The second kappa shape index (κ2) is 9.40. The molecule has 1 aliphatic heterocycles. The number of hydrogen-bond donors (Lipinski definition) is 1. The van der Waals surface area contributed by atoms with Crippen molar-refractivity contribution in [1.82, 2.24) is 14.5 Å². The Hall–Kier alpha value is -4.12. The number of benzene rings is 2. The number of fused-ring (bicyclic) bond motifs is 1. The molecule has 0 atom stereocenters. The van der Waals surface area contributed by atoms with Crippen molar-refractivity contribution in [2.45, 2.75) is 26.1 Å². The zero-order valence-electron chi connectivity index (χ0n) is 19.1. The van der Waals surface area contributed by atoms with E-state index in [1.54, 1.807) is 10.8 Å². The van der Waals surface area contributed by atoms with Crippen molar-refractivity contribution in [3.8, 4) is 17.1 Å². The molecule has 8 heteroatoms. The highest BCUT2D eigenvalue weighted by atomic mass is 16.1. The molecular weight excluding hydrogens is 423 g/mol. The summed E-state index contributed by atoms with van der Waals surface area (Å²) in [6.07, 6.45) is 3.58. The third kappa shape index (κ3) is 4.25. The number of aromatic nitrogens is 3. The fraction of sp³-hybridized carbons (Fsp3) is 0.231. The van der Waals surface area contributed by atoms with Crippen LogP contribution >= 0.6 is 0 Å². The number of rotatable bonds is 5. The van der Waals surface area contributed by atoms with E-state index in [-0.39, 0.29) is 12.3 Å². The SMILES string of the molecule is CCn1c(=O)c(-c2ccccc2)cc2cnc(Nc3ccc(N4CCB(C#N)CC4)cc3)nc21. The van der Waals surface area contributed by atoms with Gasteiger partial charge in [-0.15, -0.1) is 0 Å². The highest BCUT2D eigenvalue weighted by Crippen LogP contribution is 2.25. The van der Waals surface area contributed by atoms with Gasteiger partial charge in [-0.05, 0) is 55.5 Å². The molecule has 0 aliphatic carbocycles. The number of pyridine rings is 1. The number of nitrogens with zero attached hydrogens (tertiary/aromatic N) is 5. The summed E-state index contributed by atoms with van der Waals surface area (Å²) in [5, 5.41) is 13.2. The first kappa shape index (κ1) is 21.7. The molecule has 7 nitrogen and oxygen atoms in total. The summed E-state index contributed by atoms with van der Waals surface area (Å²) >= 11 is 0. The topological polar surface area (TPSA) is 86.8 Å². The summed E-state index contributed by atoms with van der Waals surface area (Å²) in [6, 6.07) is 19.7. The molecule has 168 valence electrons. The van der Waals surface area contributed by atoms with Gasteiger partial charge in [0.1, 0.15) is 5.65 Å². The lowest BCUT2D eigenvalue weighted by Crippen LogP contribution is -2.36. The predicted molar refractivity (Wildman–Crippen MR) is 138 cm³/mol. The lowest BCUT2D eigenvalue weighted by atomic mass is 9.45. The Labute approximate surface area is 198 Å². The normalized spacial score (nSPS) is 13.6. The van der Waals surface area contributed by atoms with E-state index in [4.69, 9.17) is 5.26 Å². The molecule has 3 heterocycles. The summed E-state index contributed by atoms with van der Waals surface area (Å²) in [5.74, 6) is 2.82. The van der Waals surface area contributed by atoms with Crippen molar-refractivity contribution >= 4 is 35.1 Å². The first-order valence-corrected chi connectivity index (χ1v) is 11.6. The lowest BCUT2D eigenvalue weighted by molar-refractivity contribution is 0.751. The Morgan fingerprint density at radius 3 is 2.50 bits per heavy atom. The van der Waals surface area contributed by atoms with E-state index in [0.717, 1.165) is 48.1 Å². The van der Waals surface area contributed by atoms with Crippen LogP contribution in [0.15, 0.2) is 71.7 Å². The molecule has 34 heavy (non-hydrogen) atoms. The maximum Gasteiger partial charge on any atom is 0.271 e. The van der Waals surface area contributed by atoms with Gasteiger partial charge in [-0.3, -0.25) is 9.36 Å². The minimum atomic E-state index is -0.0598. The molecule has 0 radical (unpaired) electrons. The molecule has 2 aromatic heterocycles. The van der Waals surface area contributed by atoms with E-state index in [1.807, 2.05) is 55.5 Å². The minimum Gasteiger partial charge on any atom is -0.373 e. The molecule has 0 saturated carbocycles. The first-order valence-electron chi connectivity index (χ1n) is 11.6. The predicted octanol–water partition coefficient (Wildman–Crippen LogP) is 4.60. The van der Waals surface area contributed by atoms with E-state index in [9.17, 15) is 4.79 Å². The molecule has 0 spiro atoms. The van der Waals surface area contributed by atoms with Crippen molar-refractivity contribution < 1.29 is 0 Å². The van der Waals surface area contributed by atoms with E-state index in [1.165, 1.54) is 0 Å². The van der Waals surface area contributed by atoms with E-state index in [2.05, 4.69) is 38.3 Å². The number of anilines is 3. The third-order valence-corrected chi connectivity index (χ3v) is 6.39. The average Bonchev–Trinajstić information content (AvgIpc) is 2.89. The fourth-order valence-electron chi connectivity index (χ4n) is 4.49. The third-order valence-electron chi connectivity index (χ3n) is 6.39. The summed E-state index contributed by atoms with van der Waals surface area (Å²) in [6.45, 7) is 4.44.